The fourth-order valence-electron chi connectivity index (χ4n) is 3.64. The molecule has 1 aromatic rings. The van der Waals surface area contributed by atoms with E-state index in [9.17, 15) is 0 Å². The monoisotopic (exact) mass is 260 g/mol. The summed E-state index contributed by atoms with van der Waals surface area (Å²) in [6, 6.07) is 9.12. The summed E-state index contributed by atoms with van der Waals surface area (Å²) < 4.78 is 5.71. The van der Waals surface area contributed by atoms with Crippen LogP contribution in [0.2, 0.25) is 0 Å². The number of fused-ring (bicyclic) bond motifs is 1. The van der Waals surface area contributed by atoms with E-state index in [1.165, 1.54) is 36.8 Å². The van der Waals surface area contributed by atoms with Gasteiger partial charge in [-0.3, -0.25) is 11.3 Å². The molecule has 0 saturated heterocycles. The Labute approximate surface area is 115 Å². The van der Waals surface area contributed by atoms with E-state index in [2.05, 4.69) is 29.7 Å². The molecule has 1 aromatic carbocycles. The number of hydrogen-bond donors (Lipinski definition) is 2. The largest absolute Gasteiger partial charge is 0.378 e. The van der Waals surface area contributed by atoms with E-state index in [4.69, 9.17) is 10.6 Å². The summed E-state index contributed by atoms with van der Waals surface area (Å²) in [6.45, 7) is 0. The van der Waals surface area contributed by atoms with Crippen LogP contribution in [0.25, 0.3) is 0 Å². The van der Waals surface area contributed by atoms with Crippen molar-refractivity contribution in [2.75, 3.05) is 7.11 Å². The van der Waals surface area contributed by atoms with Crippen molar-refractivity contribution in [1.82, 2.24) is 5.43 Å². The van der Waals surface area contributed by atoms with E-state index < -0.39 is 0 Å². The molecule has 19 heavy (non-hydrogen) atoms. The molecule has 1 fully saturated rings. The fourth-order valence-corrected chi connectivity index (χ4v) is 3.64. The van der Waals surface area contributed by atoms with E-state index in [0.29, 0.717) is 12.0 Å². The maximum absolute atomic E-state index is 5.75. The van der Waals surface area contributed by atoms with Gasteiger partial charge in [-0.05, 0) is 55.6 Å². The summed E-state index contributed by atoms with van der Waals surface area (Å²) in [5, 5.41) is 0. The molecule has 0 amide bonds. The zero-order valence-electron chi connectivity index (χ0n) is 11.7. The van der Waals surface area contributed by atoms with Crippen molar-refractivity contribution in [3.63, 3.8) is 0 Å². The fraction of sp³-hybridized carbons (Fsp3) is 0.625. The Morgan fingerprint density at radius 1 is 1.42 bits per heavy atom. The molecule has 0 aromatic heterocycles. The van der Waals surface area contributed by atoms with Crippen molar-refractivity contribution in [1.29, 1.82) is 0 Å². The van der Waals surface area contributed by atoms with Gasteiger partial charge in [0, 0.05) is 13.2 Å². The average Bonchev–Trinajstić information content (AvgIpc) is 2.38. The zero-order chi connectivity index (χ0) is 13.3. The van der Waals surface area contributed by atoms with E-state index in [0.717, 1.165) is 12.8 Å². The van der Waals surface area contributed by atoms with Gasteiger partial charge in [-0.25, -0.2) is 0 Å². The van der Waals surface area contributed by atoms with Gasteiger partial charge in [-0.1, -0.05) is 24.3 Å². The van der Waals surface area contributed by atoms with Gasteiger partial charge in [-0.2, -0.15) is 0 Å². The molecule has 0 radical (unpaired) electrons. The summed E-state index contributed by atoms with van der Waals surface area (Å²) >= 11 is 0. The van der Waals surface area contributed by atoms with E-state index in [1.807, 2.05) is 7.11 Å². The van der Waals surface area contributed by atoms with Crippen LogP contribution in [0.15, 0.2) is 24.3 Å². The standard InChI is InChI=1S/C16H24N2O/c1-19-16(7-4-8-16)11-14(18-17)10-13-9-12-5-2-3-6-15(12)13/h2-3,5-6,13-14,18H,4,7-11,17H2,1H3. The van der Waals surface area contributed by atoms with Gasteiger partial charge >= 0.3 is 0 Å². The number of nitrogens with two attached hydrogens (primary N) is 1. The molecule has 104 valence electrons. The summed E-state index contributed by atoms with van der Waals surface area (Å²) in [4.78, 5) is 0. The maximum Gasteiger partial charge on any atom is 0.0694 e. The highest BCUT2D eigenvalue weighted by atomic mass is 16.5. The lowest BCUT2D eigenvalue weighted by molar-refractivity contribution is -0.0843. The second-order valence-corrected chi connectivity index (χ2v) is 6.14. The first-order valence-corrected chi connectivity index (χ1v) is 7.35. The number of hydrogen-bond acceptors (Lipinski definition) is 3. The Balaban J connectivity index is 1.59. The van der Waals surface area contributed by atoms with Crippen LogP contribution in [-0.4, -0.2) is 18.8 Å². The van der Waals surface area contributed by atoms with Crippen LogP contribution in [0.3, 0.4) is 0 Å². The van der Waals surface area contributed by atoms with Gasteiger partial charge in [0.1, 0.15) is 0 Å². The first-order chi connectivity index (χ1) is 9.26. The van der Waals surface area contributed by atoms with Crippen LogP contribution >= 0.6 is 0 Å². The highest BCUT2D eigenvalue weighted by Gasteiger charge is 2.40. The Morgan fingerprint density at radius 3 is 2.79 bits per heavy atom. The lowest BCUT2D eigenvalue weighted by Gasteiger charge is -2.44. The zero-order valence-corrected chi connectivity index (χ0v) is 11.7. The topological polar surface area (TPSA) is 47.3 Å². The number of rotatable bonds is 6. The van der Waals surface area contributed by atoms with Gasteiger partial charge in [0.2, 0.25) is 0 Å². The molecule has 3 nitrogen and oxygen atoms in total. The molecule has 0 aliphatic heterocycles. The number of nitrogens with one attached hydrogen (secondary N) is 1. The molecular weight excluding hydrogens is 236 g/mol. The van der Waals surface area contributed by atoms with Crippen LogP contribution in [0.1, 0.15) is 49.1 Å². The molecular formula is C16H24N2O. The molecule has 2 aliphatic carbocycles. The maximum atomic E-state index is 5.75. The second-order valence-electron chi connectivity index (χ2n) is 6.14. The third-order valence-electron chi connectivity index (χ3n) is 5.08. The lowest BCUT2D eigenvalue weighted by Crippen LogP contribution is -2.48. The highest BCUT2D eigenvalue weighted by molar-refractivity contribution is 5.39. The Bertz CT molecular complexity index is 437. The molecule has 2 unspecified atom stereocenters. The smallest absolute Gasteiger partial charge is 0.0694 e. The summed E-state index contributed by atoms with van der Waals surface area (Å²) in [6.07, 6.45) is 7.02. The predicted molar refractivity (Wildman–Crippen MR) is 76.8 cm³/mol. The molecule has 2 atom stereocenters. The number of benzene rings is 1. The number of ether oxygens (including phenoxy) is 1. The highest BCUT2D eigenvalue weighted by Crippen LogP contribution is 2.42. The van der Waals surface area contributed by atoms with Crippen molar-refractivity contribution >= 4 is 0 Å². The van der Waals surface area contributed by atoms with E-state index >= 15 is 0 Å². The van der Waals surface area contributed by atoms with E-state index in [-0.39, 0.29) is 5.60 Å². The van der Waals surface area contributed by atoms with Crippen LogP contribution in [-0.2, 0) is 11.2 Å². The first kappa shape index (κ1) is 13.1. The molecule has 3 heteroatoms. The van der Waals surface area contributed by atoms with Crippen LogP contribution in [0.5, 0.6) is 0 Å². The van der Waals surface area contributed by atoms with E-state index in [1.54, 1.807) is 0 Å². The lowest BCUT2D eigenvalue weighted by atomic mass is 9.70. The number of hydrazine groups is 1. The molecule has 0 spiro atoms. The third-order valence-corrected chi connectivity index (χ3v) is 5.08. The van der Waals surface area contributed by atoms with Gasteiger partial charge < -0.3 is 4.74 Å². The van der Waals surface area contributed by atoms with Gasteiger partial charge in [-0.15, -0.1) is 0 Å². The molecule has 0 bridgehead atoms. The molecule has 2 aliphatic rings. The number of methoxy groups -OCH3 is 1. The minimum Gasteiger partial charge on any atom is -0.378 e. The molecule has 3 N–H and O–H groups in total. The molecule has 3 rings (SSSR count). The van der Waals surface area contributed by atoms with Crippen molar-refractivity contribution in [3.8, 4) is 0 Å². The minimum absolute atomic E-state index is 0.0975. The van der Waals surface area contributed by atoms with Crippen molar-refractivity contribution in [3.05, 3.63) is 35.4 Å². The second kappa shape index (κ2) is 5.23. The van der Waals surface area contributed by atoms with Crippen molar-refractivity contribution in [2.45, 2.75) is 56.1 Å². The average molecular weight is 260 g/mol. The van der Waals surface area contributed by atoms with Crippen LogP contribution in [0, 0.1) is 0 Å². The van der Waals surface area contributed by atoms with Crippen molar-refractivity contribution in [2.24, 2.45) is 5.84 Å². The summed E-state index contributed by atoms with van der Waals surface area (Å²) in [7, 11) is 1.84. The normalized spacial score (nSPS) is 25.1. The summed E-state index contributed by atoms with van der Waals surface area (Å²) in [5.41, 5.74) is 6.13. The Hall–Kier alpha value is -0.900. The van der Waals surface area contributed by atoms with Gasteiger partial charge in [0.25, 0.3) is 0 Å². The van der Waals surface area contributed by atoms with Gasteiger partial charge in [0.15, 0.2) is 0 Å². The minimum atomic E-state index is 0.0975. The predicted octanol–water partition coefficient (Wildman–Crippen LogP) is 2.51. The van der Waals surface area contributed by atoms with Crippen LogP contribution in [0.4, 0.5) is 0 Å². The molecule has 0 heterocycles. The van der Waals surface area contributed by atoms with Gasteiger partial charge in [0.05, 0.1) is 5.60 Å². The first-order valence-electron chi connectivity index (χ1n) is 7.35. The summed E-state index contributed by atoms with van der Waals surface area (Å²) in [5.74, 6) is 6.43. The Kier molecular flexibility index (Phi) is 3.61. The third kappa shape index (κ3) is 2.42. The van der Waals surface area contributed by atoms with Crippen molar-refractivity contribution < 1.29 is 4.74 Å². The SMILES string of the molecule is COC1(CC(CC2Cc3ccccc32)NN)CCC1. The quantitative estimate of drug-likeness (QED) is 0.610. The Morgan fingerprint density at radius 2 is 2.21 bits per heavy atom. The molecule has 1 saturated carbocycles. The van der Waals surface area contributed by atoms with Crippen LogP contribution < -0.4 is 11.3 Å².